The van der Waals surface area contributed by atoms with E-state index in [9.17, 15) is 17.2 Å². The number of sulfonamides is 1. The molecule has 138 valence electrons. The molecular formula is C14H20Cl2F2N2O3S. The molecule has 0 amide bonds. The second-order valence-electron chi connectivity index (χ2n) is 5.57. The zero-order valence-corrected chi connectivity index (χ0v) is 15.4. The normalized spacial score (nSPS) is 18.2. The summed E-state index contributed by atoms with van der Waals surface area (Å²) < 4.78 is 55.2. The van der Waals surface area contributed by atoms with Gasteiger partial charge in [0.1, 0.15) is 5.75 Å². The largest absolute Gasteiger partial charge is 0.433 e. The molecule has 1 aromatic carbocycles. The lowest BCUT2D eigenvalue weighted by Crippen LogP contribution is -2.42. The van der Waals surface area contributed by atoms with E-state index in [2.05, 4.69) is 4.74 Å². The SMILES string of the molecule is CC(N)C1CCN(S(=O)(=O)c2ccc(OC(F)F)c(Cl)c2)CC1.Cl. The van der Waals surface area contributed by atoms with Gasteiger partial charge >= 0.3 is 6.61 Å². The first-order valence-corrected chi connectivity index (χ1v) is 9.03. The molecule has 0 saturated carbocycles. The van der Waals surface area contributed by atoms with Gasteiger partial charge in [0.2, 0.25) is 10.0 Å². The fourth-order valence-electron chi connectivity index (χ4n) is 2.62. The molecule has 1 aliphatic heterocycles. The van der Waals surface area contributed by atoms with Crippen molar-refractivity contribution in [3.63, 3.8) is 0 Å². The lowest BCUT2D eigenvalue weighted by Gasteiger charge is -2.33. The van der Waals surface area contributed by atoms with Crippen LogP contribution in [0.15, 0.2) is 23.1 Å². The molecule has 5 nitrogen and oxygen atoms in total. The van der Waals surface area contributed by atoms with E-state index in [-0.39, 0.29) is 34.1 Å². The molecule has 10 heteroatoms. The third-order valence-corrected chi connectivity index (χ3v) is 6.19. The van der Waals surface area contributed by atoms with Crippen molar-refractivity contribution < 1.29 is 21.9 Å². The summed E-state index contributed by atoms with van der Waals surface area (Å²) in [5.74, 6) is 0.0446. The minimum Gasteiger partial charge on any atom is -0.433 e. The quantitative estimate of drug-likeness (QED) is 0.817. The van der Waals surface area contributed by atoms with E-state index >= 15 is 0 Å². The van der Waals surface area contributed by atoms with Gasteiger partial charge < -0.3 is 10.5 Å². The van der Waals surface area contributed by atoms with E-state index < -0.39 is 16.6 Å². The number of hydrogen-bond donors (Lipinski definition) is 1. The molecule has 0 spiro atoms. The van der Waals surface area contributed by atoms with Gasteiger partial charge in [-0.2, -0.15) is 13.1 Å². The van der Waals surface area contributed by atoms with Crippen LogP contribution in [-0.2, 0) is 10.0 Å². The zero-order valence-electron chi connectivity index (χ0n) is 13.0. The summed E-state index contributed by atoms with van der Waals surface area (Å²) in [6.07, 6.45) is 1.38. The van der Waals surface area contributed by atoms with Gasteiger partial charge in [0, 0.05) is 19.1 Å². The van der Waals surface area contributed by atoms with Crippen molar-refractivity contribution in [3.05, 3.63) is 23.2 Å². The number of rotatable bonds is 5. The molecule has 0 radical (unpaired) electrons. The first-order valence-electron chi connectivity index (χ1n) is 7.22. The zero-order chi connectivity index (χ0) is 17.2. The summed E-state index contributed by atoms with van der Waals surface area (Å²) >= 11 is 5.83. The molecule has 2 rings (SSSR count). The van der Waals surface area contributed by atoms with Crippen molar-refractivity contribution in [1.82, 2.24) is 4.31 Å². The first kappa shape index (κ1) is 21.4. The predicted molar refractivity (Wildman–Crippen MR) is 90.5 cm³/mol. The molecule has 1 aromatic rings. The number of hydrogen-bond acceptors (Lipinski definition) is 4. The molecular weight excluding hydrogens is 385 g/mol. The Hall–Kier alpha value is -0.670. The Balaban J connectivity index is 0.00000288. The number of nitrogens with zero attached hydrogens (tertiary/aromatic N) is 1. The average Bonchev–Trinajstić information content (AvgIpc) is 2.49. The van der Waals surface area contributed by atoms with Gasteiger partial charge in [0.25, 0.3) is 0 Å². The van der Waals surface area contributed by atoms with Gasteiger partial charge in [0.15, 0.2) is 0 Å². The molecule has 1 atom stereocenters. The van der Waals surface area contributed by atoms with Crippen LogP contribution < -0.4 is 10.5 Å². The van der Waals surface area contributed by atoms with E-state index in [1.807, 2.05) is 6.92 Å². The van der Waals surface area contributed by atoms with E-state index in [1.165, 1.54) is 10.4 Å². The number of benzene rings is 1. The molecule has 2 N–H and O–H groups in total. The van der Waals surface area contributed by atoms with Gasteiger partial charge in [-0.25, -0.2) is 8.42 Å². The molecule has 1 unspecified atom stereocenters. The highest BCUT2D eigenvalue weighted by atomic mass is 35.5. The summed E-state index contributed by atoms with van der Waals surface area (Å²) in [5.41, 5.74) is 5.85. The van der Waals surface area contributed by atoms with Crippen LogP contribution in [0.3, 0.4) is 0 Å². The van der Waals surface area contributed by atoms with Crippen LogP contribution in [0.1, 0.15) is 19.8 Å². The number of ether oxygens (including phenoxy) is 1. The maximum atomic E-state index is 12.6. The molecule has 1 aliphatic rings. The fourth-order valence-corrected chi connectivity index (χ4v) is 4.41. The number of alkyl halides is 2. The highest BCUT2D eigenvalue weighted by molar-refractivity contribution is 7.89. The predicted octanol–water partition coefficient (Wildman–Crippen LogP) is 3.11. The number of piperidine rings is 1. The molecule has 0 aromatic heterocycles. The van der Waals surface area contributed by atoms with E-state index in [4.69, 9.17) is 17.3 Å². The maximum absolute atomic E-state index is 12.6. The highest BCUT2D eigenvalue weighted by Gasteiger charge is 2.31. The summed E-state index contributed by atoms with van der Waals surface area (Å²) in [7, 11) is -3.71. The minimum atomic E-state index is -3.71. The standard InChI is InChI=1S/C14H19ClF2N2O3S.ClH/c1-9(18)10-4-6-19(7-5-10)23(20,21)11-2-3-13(12(15)8-11)22-14(16)17;/h2-3,8-10,14H,4-7,18H2,1H3;1H. The van der Waals surface area contributed by atoms with Crippen molar-refractivity contribution in [3.8, 4) is 5.75 Å². The van der Waals surface area contributed by atoms with E-state index in [1.54, 1.807) is 0 Å². The van der Waals surface area contributed by atoms with Crippen LogP contribution in [0.5, 0.6) is 5.75 Å². The summed E-state index contributed by atoms with van der Waals surface area (Å²) in [5, 5.41) is -0.170. The Labute approximate surface area is 151 Å². The van der Waals surface area contributed by atoms with Gasteiger partial charge in [-0.1, -0.05) is 11.6 Å². The second-order valence-corrected chi connectivity index (χ2v) is 7.92. The van der Waals surface area contributed by atoms with Crippen molar-refractivity contribution in [1.29, 1.82) is 0 Å². The smallest absolute Gasteiger partial charge is 0.387 e. The molecule has 24 heavy (non-hydrogen) atoms. The highest BCUT2D eigenvalue weighted by Crippen LogP contribution is 2.31. The average molecular weight is 405 g/mol. The van der Waals surface area contributed by atoms with Crippen LogP contribution in [0.25, 0.3) is 0 Å². The Kier molecular flexibility index (Phi) is 7.68. The van der Waals surface area contributed by atoms with Crippen LogP contribution >= 0.6 is 24.0 Å². The topological polar surface area (TPSA) is 72.6 Å². The monoisotopic (exact) mass is 404 g/mol. The van der Waals surface area contributed by atoms with Crippen LogP contribution in [0.4, 0.5) is 8.78 Å². The summed E-state index contributed by atoms with van der Waals surface area (Å²) in [6, 6.07) is 3.51. The van der Waals surface area contributed by atoms with Crippen LogP contribution in [0, 0.1) is 5.92 Å². The molecule has 0 bridgehead atoms. The van der Waals surface area contributed by atoms with Crippen molar-refractivity contribution in [2.75, 3.05) is 13.1 Å². The number of halogens is 4. The Morgan fingerprint density at radius 2 is 1.92 bits per heavy atom. The lowest BCUT2D eigenvalue weighted by molar-refractivity contribution is -0.0498. The van der Waals surface area contributed by atoms with Crippen molar-refractivity contribution >= 4 is 34.0 Å². The van der Waals surface area contributed by atoms with Gasteiger partial charge in [-0.3, -0.25) is 0 Å². The van der Waals surface area contributed by atoms with Crippen molar-refractivity contribution in [2.45, 2.75) is 37.3 Å². The van der Waals surface area contributed by atoms with E-state index in [0.29, 0.717) is 31.8 Å². The van der Waals surface area contributed by atoms with Gasteiger partial charge in [-0.15, -0.1) is 12.4 Å². The molecule has 0 aliphatic carbocycles. The van der Waals surface area contributed by atoms with E-state index in [0.717, 1.165) is 12.1 Å². The molecule has 1 fully saturated rings. The Morgan fingerprint density at radius 3 is 2.38 bits per heavy atom. The third kappa shape index (κ3) is 4.92. The second kappa shape index (κ2) is 8.62. The van der Waals surface area contributed by atoms with Crippen molar-refractivity contribution in [2.24, 2.45) is 11.7 Å². The van der Waals surface area contributed by atoms with Gasteiger partial charge in [-0.05, 0) is 43.9 Å². The first-order chi connectivity index (χ1) is 10.7. The Morgan fingerprint density at radius 1 is 1.33 bits per heavy atom. The fraction of sp³-hybridized carbons (Fsp3) is 0.571. The van der Waals surface area contributed by atoms with Gasteiger partial charge in [0.05, 0.1) is 9.92 Å². The summed E-state index contributed by atoms with van der Waals surface area (Å²) in [4.78, 5) is -0.0386. The number of nitrogens with two attached hydrogens (primary N) is 1. The maximum Gasteiger partial charge on any atom is 0.387 e. The van der Waals surface area contributed by atoms with Crippen LogP contribution in [-0.4, -0.2) is 38.5 Å². The lowest BCUT2D eigenvalue weighted by atomic mass is 9.92. The van der Waals surface area contributed by atoms with Crippen LogP contribution in [0.2, 0.25) is 5.02 Å². The third-order valence-electron chi connectivity index (χ3n) is 4.00. The summed E-state index contributed by atoms with van der Waals surface area (Å²) in [6.45, 7) is -0.355. The molecule has 1 heterocycles. The Bertz CT molecular complexity index is 651. The molecule has 1 saturated heterocycles. The minimum absolute atomic E-state index is 0.